The smallest absolute Gasteiger partial charge is 0.335 e. The number of fused-ring (bicyclic) bond motifs is 5. The number of hydrogen-bond acceptors (Lipinski definition) is 6. The molecule has 0 spiro atoms. The first-order valence-corrected chi connectivity index (χ1v) is 10.7. The minimum absolute atomic E-state index is 0.143. The van der Waals surface area contributed by atoms with Gasteiger partial charge in [0.15, 0.2) is 11.5 Å². The zero-order valence-corrected chi connectivity index (χ0v) is 17.9. The number of rotatable bonds is 7. The Morgan fingerprint density at radius 1 is 1.09 bits per heavy atom. The first-order chi connectivity index (χ1) is 16.0. The van der Waals surface area contributed by atoms with Gasteiger partial charge in [0.25, 0.3) is 11.8 Å². The van der Waals surface area contributed by atoms with E-state index in [4.69, 9.17) is 14.6 Å². The van der Waals surface area contributed by atoms with Gasteiger partial charge in [0.05, 0.1) is 30.7 Å². The normalized spacial score (nSPS) is 25.2. The number of nitrogens with zero attached hydrogens (tertiary/aromatic N) is 2. The van der Waals surface area contributed by atoms with Crippen LogP contribution in [0.4, 0.5) is 0 Å². The molecule has 2 aromatic carbocycles. The molecule has 1 N–H and O–H groups in total. The third-order valence-corrected chi connectivity index (χ3v) is 6.53. The van der Waals surface area contributed by atoms with Crippen molar-refractivity contribution in [3.05, 3.63) is 71.3 Å². The van der Waals surface area contributed by atoms with E-state index in [0.717, 1.165) is 11.4 Å². The Morgan fingerprint density at radius 2 is 1.82 bits per heavy atom. The number of allylic oxidation sites excluding steroid dienone is 2. The zero-order chi connectivity index (χ0) is 23.1. The van der Waals surface area contributed by atoms with Gasteiger partial charge in [0.1, 0.15) is 6.61 Å². The lowest BCUT2D eigenvalue weighted by molar-refractivity contribution is -0.140. The molecular formula is C25H22N2O6. The second kappa shape index (κ2) is 8.20. The van der Waals surface area contributed by atoms with Crippen LogP contribution < -0.4 is 9.47 Å². The van der Waals surface area contributed by atoms with Crippen LogP contribution in [0.25, 0.3) is 0 Å². The average Bonchev–Trinajstić information content (AvgIpc) is 3.51. The Morgan fingerprint density at radius 3 is 2.48 bits per heavy atom. The van der Waals surface area contributed by atoms with E-state index in [2.05, 4.69) is 5.10 Å². The summed E-state index contributed by atoms with van der Waals surface area (Å²) in [6.07, 6.45) is 6.44. The van der Waals surface area contributed by atoms with Gasteiger partial charge in [-0.25, -0.2) is 4.79 Å². The lowest BCUT2D eigenvalue weighted by Gasteiger charge is -2.13. The van der Waals surface area contributed by atoms with Crippen LogP contribution in [0.2, 0.25) is 0 Å². The number of carbonyl (C=O) groups is 3. The van der Waals surface area contributed by atoms with Crippen molar-refractivity contribution >= 4 is 24.0 Å². The molecule has 1 saturated heterocycles. The summed E-state index contributed by atoms with van der Waals surface area (Å²) < 4.78 is 11.2. The summed E-state index contributed by atoms with van der Waals surface area (Å²) in [5.41, 5.74) is 1.54. The monoisotopic (exact) mass is 446 g/mol. The minimum Gasteiger partial charge on any atom is -0.493 e. The third kappa shape index (κ3) is 3.67. The first-order valence-electron chi connectivity index (χ1n) is 10.7. The highest BCUT2D eigenvalue weighted by Crippen LogP contribution is 2.52. The maximum absolute atomic E-state index is 12.7. The Balaban J connectivity index is 1.28. The topological polar surface area (TPSA) is 106 Å². The van der Waals surface area contributed by atoms with Crippen molar-refractivity contribution in [2.45, 2.75) is 13.0 Å². The summed E-state index contributed by atoms with van der Waals surface area (Å²) in [6, 6.07) is 11.7. The van der Waals surface area contributed by atoms with Crippen LogP contribution in [-0.4, -0.2) is 41.2 Å². The van der Waals surface area contributed by atoms with Gasteiger partial charge in [-0.15, -0.1) is 0 Å². The maximum atomic E-state index is 12.7. The predicted molar refractivity (Wildman–Crippen MR) is 118 cm³/mol. The Kier molecular flexibility index (Phi) is 5.20. The molecular weight excluding hydrogens is 424 g/mol. The van der Waals surface area contributed by atoms with Gasteiger partial charge in [0, 0.05) is 0 Å². The number of carboxylic acid groups (broad SMARTS) is 1. The summed E-state index contributed by atoms with van der Waals surface area (Å²) in [5, 5.41) is 14.3. The molecule has 1 aliphatic heterocycles. The largest absolute Gasteiger partial charge is 0.493 e. The van der Waals surface area contributed by atoms with Crippen LogP contribution in [-0.2, 0) is 16.2 Å². The molecule has 4 unspecified atom stereocenters. The second-order valence-electron chi connectivity index (χ2n) is 8.44. The van der Waals surface area contributed by atoms with E-state index < -0.39 is 5.97 Å². The van der Waals surface area contributed by atoms with Crippen molar-refractivity contribution in [3.8, 4) is 11.5 Å². The highest BCUT2D eigenvalue weighted by atomic mass is 16.5. The predicted octanol–water partition coefficient (Wildman–Crippen LogP) is 3.11. The first kappa shape index (κ1) is 20.9. The van der Waals surface area contributed by atoms with Crippen LogP contribution in [0.1, 0.15) is 27.9 Å². The summed E-state index contributed by atoms with van der Waals surface area (Å²) >= 11 is 0. The van der Waals surface area contributed by atoms with E-state index in [1.165, 1.54) is 19.4 Å². The minimum atomic E-state index is -0.999. The Hall–Kier alpha value is -3.94. The van der Waals surface area contributed by atoms with Gasteiger partial charge in [-0.1, -0.05) is 24.3 Å². The fourth-order valence-electron chi connectivity index (χ4n) is 4.96. The average molecular weight is 446 g/mol. The maximum Gasteiger partial charge on any atom is 0.335 e. The molecule has 0 radical (unpaired) electrons. The second-order valence-corrected chi connectivity index (χ2v) is 8.44. The molecule has 5 rings (SSSR count). The SMILES string of the molecule is COc1cc(C=NN2C(=O)C3C4C=CC(C4)C3C2=O)ccc1OCc1cccc(C(=O)O)c1. The standard InChI is InChI=1S/C25H22N2O6/c1-32-20-10-14(5-8-19(20)33-13-15-3-2-4-18(9-15)25(30)31)12-26-27-23(28)21-16-6-7-17(11-16)22(21)24(27)29/h2-10,12,16-17,21-22H,11,13H2,1H3,(H,30,31). The number of aromatic carboxylic acids is 1. The summed E-state index contributed by atoms with van der Waals surface area (Å²) in [4.78, 5) is 36.6. The lowest BCUT2D eigenvalue weighted by atomic mass is 9.85. The number of carboxylic acids is 1. The molecule has 2 amide bonds. The number of imide groups is 1. The van der Waals surface area contributed by atoms with Crippen molar-refractivity contribution in [1.29, 1.82) is 0 Å². The van der Waals surface area contributed by atoms with Crippen molar-refractivity contribution in [1.82, 2.24) is 5.01 Å². The molecule has 8 nitrogen and oxygen atoms in total. The molecule has 2 fully saturated rings. The molecule has 1 saturated carbocycles. The zero-order valence-electron chi connectivity index (χ0n) is 17.9. The molecule has 1 heterocycles. The van der Waals surface area contributed by atoms with E-state index in [-0.39, 0.29) is 47.7 Å². The van der Waals surface area contributed by atoms with E-state index >= 15 is 0 Å². The third-order valence-electron chi connectivity index (χ3n) is 6.53. The van der Waals surface area contributed by atoms with Gasteiger partial charge in [0.2, 0.25) is 0 Å². The molecule has 2 aliphatic carbocycles. The number of methoxy groups -OCH3 is 1. The van der Waals surface area contributed by atoms with E-state index in [1.54, 1.807) is 36.4 Å². The number of carbonyl (C=O) groups excluding carboxylic acids is 2. The summed E-state index contributed by atoms with van der Waals surface area (Å²) in [6.45, 7) is 0.168. The number of benzene rings is 2. The molecule has 2 bridgehead atoms. The van der Waals surface area contributed by atoms with Crippen molar-refractivity contribution in [3.63, 3.8) is 0 Å². The molecule has 0 aromatic heterocycles. The van der Waals surface area contributed by atoms with Crippen LogP contribution in [0.5, 0.6) is 11.5 Å². The Bertz CT molecular complexity index is 1170. The molecule has 4 atom stereocenters. The number of amides is 2. The van der Waals surface area contributed by atoms with E-state index in [1.807, 2.05) is 12.2 Å². The van der Waals surface area contributed by atoms with E-state index in [9.17, 15) is 14.4 Å². The highest BCUT2D eigenvalue weighted by Gasteiger charge is 2.59. The summed E-state index contributed by atoms with van der Waals surface area (Å²) in [7, 11) is 1.51. The van der Waals surface area contributed by atoms with Crippen molar-refractivity contribution in [2.75, 3.05) is 7.11 Å². The fraction of sp³-hybridized carbons (Fsp3) is 0.280. The highest BCUT2D eigenvalue weighted by molar-refractivity contribution is 6.06. The van der Waals surface area contributed by atoms with Crippen LogP contribution in [0, 0.1) is 23.7 Å². The quantitative estimate of drug-likeness (QED) is 0.398. The summed E-state index contributed by atoms with van der Waals surface area (Å²) in [5.74, 6) is -0.812. The van der Waals surface area contributed by atoms with Crippen LogP contribution in [0.15, 0.2) is 59.7 Å². The molecule has 2 aromatic rings. The van der Waals surface area contributed by atoms with E-state index in [0.29, 0.717) is 22.6 Å². The molecule has 3 aliphatic rings. The van der Waals surface area contributed by atoms with Gasteiger partial charge in [-0.2, -0.15) is 10.1 Å². The van der Waals surface area contributed by atoms with Crippen LogP contribution >= 0.6 is 0 Å². The molecule has 168 valence electrons. The molecule has 8 heteroatoms. The fourth-order valence-corrected chi connectivity index (χ4v) is 4.96. The number of ether oxygens (including phenoxy) is 2. The Labute approximate surface area is 190 Å². The van der Waals surface area contributed by atoms with Crippen LogP contribution in [0.3, 0.4) is 0 Å². The van der Waals surface area contributed by atoms with Gasteiger partial charge in [-0.05, 0) is 59.7 Å². The lowest BCUT2D eigenvalue weighted by Crippen LogP contribution is -2.28. The van der Waals surface area contributed by atoms with Crippen molar-refractivity contribution < 1.29 is 29.0 Å². The van der Waals surface area contributed by atoms with Gasteiger partial charge < -0.3 is 14.6 Å². The molecule has 33 heavy (non-hydrogen) atoms. The number of hydrogen-bond donors (Lipinski definition) is 1. The number of hydrazone groups is 1. The van der Waals surface area contributed by atoms with Gasteiger partial charge >= 0.3 is 5.97 Å². The van der Waals surface area contributed by atoms with Gasteiger partial charge in [-0.3, -0.25) is 9.59 Å². The van der Waals surface area contributed by atoms with Crippen molar-refractivity contribution in [2.24, 2.45) is 28.8 Å².